The molecule has 0 aromatic heterocycles. The lowest BCUT2D eigenvalue weighted by Crippen LogP contribution is -2.33. The fraction of sp³-hybridized carbons (Fsp3) is 0.650. The Kier molecular flexibility index (Phi) is 13.8. The Hall–Kier alpha value is -0.810. The van der Waals surface area contributed by atoms with E-state index in [0.717, 1.165) is 50.4 Å². The largest absolute Gasteiger partial charge is 0.330 e. The van der Waals surface area contributed by atoms with Crippen LogP contribution in [0.15, 0.2) is 24.3 Å². The van der Waals surface area contributed by atoms with Gasteiger partial charge in [-0.15, -0.1) is 24.8 Å². The van der Waals surface area contributed by atoms with Gasteiger partial charge < -0.3 is 11.1 Å². The van der Waals surface area contributed by atoms with E-state index in [9.17, 15) is 4.79 Å². The predicted octanol–water partition coefficient (Wildman–Crippen LogP) is 4.61. The minimum Gasteiger partial charge on any atom is -0.330 e. The first-order chi connectivity index (χ1) is 11.7. The molecule has 3 N–H and O–H groups in total. The molecule has 1 fully saturated rings. The van der Waals surface area contributed by atoms with Gasteiger partial charge in [0, 0.05) is 25.2 Å². The summed E-state index contributed by atoms with van der Waals surface area (Å²) in [6.07, 6.45) is 7.45. The van der Waals surface area contributed by atoms with Crippen LogP contribution < -0.4 is 11.1 Å². The average Bonchev–Trinajstić information content (AvgIpc) is 2.56. The van der Waals surface area contributed by atoms with Gasteiger partial charge in [-0.05, 0) is 62.4 Å². The molecule has 1 aliphatic heterocycles. The molecule has 0 bridgehead atoms. The van der Waals surface area contributed by atoms with E-state index in [2.05, 4.69) is 29.3 Å². The van der Waals surface area contributed by atoms with Crippen molar-refractivity contribution in [2.75, 3.05) is 25.0 Å². The fourth-order valence-corrected chi connectivity index (χ4v) is 3.39. The topological polar surface area (TPSA) is 58.4 Å². The van der Waals surface area contributed by atoms with Crippen molar-refractivity contribution in [1.29, 1.82) is 0 Å². The van der Waals surface area contributed by atoms with E-state index in [1.165, 1.54) is 31.5 Å². The third kappa shape index (κ3) is 9.77. The van der Waals surface area contributed by atoms with Gasteiger partial charge in [-0.1, -0.05) is 31.9 Å². The molecule has 26 heavy (non-hydrogen) atoms. The number of halogens is 2. The van der Waals surface area contributed by atoms with Crippen LogP contribution in [-0.4, -0.2) is 30.4 Å². The van der Waals surface area contributed by atoms with Crippen molar-refractivity contribution in [3.8, 4) is 0 Å². The monoisotopic (exact) mass is 403 g/mol. The quantitative estimate of drug-likeness (QED) is 0.591. The van der Waals surface area contributed by atoms with Crippen molar-refractivity contribution in [1.82, 2.24) is 4.90 Å². The van der Waals surface area contributed by atoms with E-state index in [0.29, 0.717) is 6.42 Å². The van der Waals surface area contributed by atoms with Gasteiger partial charge in [0.1, 0.15) is 0 Å². The first kappa shape index (κ1) is 25.2. The zero-order valence-corrected chi connectivity index (χ0v) is 17.5. The highest BCUT2D eigenvalue weighted by atomic mass is 35.5. The maximum Gasteiger partial charge on any atom is 0.224 e. The number of anilines is 1. The van der Waals surface area contributed by atoms with Crippen LogP contribution in [-0.2, 0) is 11.3 Å². The molecule has 1 heterocycles. The first-order valence-electron chi connectivity index (χ1n) is 9.48. The van der Waals surface area contributed by atoms with Crippen LogP contribution >= 0.6 is 24.8 Å². The minimum absolute atomic E-state index is 0. The molecule has 1 unspecified atom stereocenters. The molecule has 1 amide bonds. The normalized spacial score (nSPS) is 17.1. The number of nitrogens with one attached hydrogen (secondary N) is 1. The lowest BCUT2D eigenvalue weighted by Gasteiger charge is -2.30. The highest BCUT2D eigenvalue weighted by Gasteiger charge is 2.16. The molecule has 0 saturated carbocycles. The average molecular weight is 404 g/mol. The molecular weight excluding hydrogens is 369 g/mol. The van der Waals surface area contributed by atoms with Crippen molar-refractivity contribution >= 4 is 36.4 Å². The molecule has 0 aliphatic carbocycles. The van der Waals surface area contributed by atoms with Gasteiger partial charge >= 0.3 is 0 Å². The van der Waals surface area contributed by atoms with Crippen LogP contribution in [0.5, 0.6) is 0 Å². The molecule has 6 heteroatoms. The maximum atomic E-state index is 11.9. The number of piperidine rings is 1. The molecule has 1 aliphatic rings. The van der Waals surface area contributed by atoms with Crippen LogP contribution in [0.2, 0.25) is 0 Å². The number of carbonyl (C=O) groups excluding carboxylic acids is 1. The van der Waals surface area contributed by atoms with Crippen LogP contribution in [0, 0.1) is 5.92 Å². The summed E-state index contributed by atoms with van der Waals surface area (Å²) in [6, 6.07) is 8.32. The number of carbonyl (C=O) groups is 1. The van der Waals surface area contributed by atoms with E-state index in [4.69, 9.17) is 5.73 Å². The third-order valence-corrected chi connectivity index (χ3v) is 4.74. The van der Waals surface area contributed by atoms with E-state index in [1.807, 2.05) is 12.1 Å². The molecule has 4 nitrogen and oxygen atoms in total. The number of amides is 1. The van der Waals surface area contributed by atoms with Crippen LogP contribution in [0.3, 0.4) is 0 Å². The van der Waals surface area contributed by atoms with Gasteiger partial charge in [0.15, 0.2) is 0 Å². The van der Waals surface area contributed by atoms with Crippen molar-refractivity contribution in [2.45, 2.75) is 58.4 Å². The molecule has 0 spiro atoms. The van der Waals surface area contributed by atoms with Gasteiger partial charge in [0.25, 0.3) is 0 Å². The summed E-state index contributed by atoms with van der Waals surface area (Å²) in [6.45, 7) is 6.49. The molecule has 1 atom stereocenters. The maximum absolute atomic E-state index is 11.9. The van der Waals surface area contributed by atoms with Gasteiger partial charge in [0.05, 0.1) is 0 Å². The fourth-order valence-electron chi connectivity index (χ4n) is 3.39. The minimum atomic E-state index is 0. The first-order valence-corrected chi connectivity index (χ1v) is 9.48. The van der Waals surface area contributed by atoms with Gasteiger partial charge in [-0.3, -0.25) is 9.69 Å². The van der Waals surface area contributed by atoms with E-state index < -0.39 is 0 Å². The van der Waals surface area contributed by atoms with Crippen LogP contribution in [0.4, 0.5) is 5.69 Å². The molecule has 0 radical (unpaired) electrons. The lowest BCUT2D eigenvalue weighted by atomic mass is 10.00. The number of unbranched alkanes of at least 4 members (excludes halogenated alkanes) is 3. The summed E-state index contributed by atoms with van der Waals surface area (Å²) in [7, 11) is 0. The number of nitrogens with two attached hydrogens (primary N) is 1. The van der Waals surface area contributed by atoms with Crippen molar-refractivity contribution in [3.05, 3.63) is 29.8 Å². The third-order valence-electron chi connectivity index (χ3n) is 4.74. The van der Waals surface area contributed by atoms with E-state index in [-0.39, 0.29) is 30.7 Å². The van der Waals surface area contributed by atoms with Gasteiger partial charge in [-0.25, -0.2) is 0 Å². The Morgan fingerprint density at radius 2 is 1.85 bits per heavy atom. The molecule has 150 valence electrons. The number of benzene rings is 1. The predicted molar refractivity (Wildman–Crippen MR) is 115 cm³/mol. The second-order valence-corrected chi connectivity index (χ2v) is 7.18. The van der Waals surface area contributed by atoms with Crippen LogP contribution in [0.1, 0.15) is 57.4 Å². The summed E-state index contributed by atoms with van der Waals surface area (Å²) < 4.78 is 0. The molecular formula is C20H35Cl2N3O. The van der Waals surface area contributed by atoms with Crippen molar-refractivity contribution in [2.24, 2.45) is 11.7 Å². The summed E-state index contributed by atoms with van der Waals surface area (Å²) in [4.78, 5) is 14.5. The lowest BCUT2D eigenvalue weighted by molar-refractivity contribution is -0.116. The Morgan fingerprint density at radius 1 is 1.15 bits per heavy atom. The van der Waals surface area contributed by atoms with E-state index >= 15 is 0 Å². The SMILES string of the molecule is CC1CCCN(Cc2ccc(NC(=O)CCCCCCN)cc2)C1.Cl.Cl. The summed E-state index contributed by atoms with van der Waals surface area (Å²) in [5, 5.41) is 2.99. The second-order valence-electron chi connectivity index (χ2n) is 7.18. The standard InChI is InChI=1S/C20H33N3O.2ClH/c1-17-7-6-14-23(15-17)16-18-9-11-19(12-10-18)22-20(24)8-4-2-3-5-13-21;;/h9-12,17H,2-8,13-16,21H2,1H3,(H,22,24);2*1H. The second kappa shape index (κ2) is 14.3. The van der Waals surface area contributed by atoms with Crippen LogP contribution in [0.25, 0.3) is 0 Å². The summed E-state index contributed by atoms with van der Waals surface area (Å²) in [5.74, 6) is 0.919. The Labute approximate surface area is 171 Å². The molecule has 1 aromatic rings. The zero-order valence-electron chi connectivity index (χ0n) is 15.9. The highest BCUT2D eigenvalue weighted by molar-refractivity contribution is 5.90. The molecule has 2 rings (SSSR count). The highest BCUT2D eigenvalue weighted by Crippen LogP contribution is 2.19. The van der Waals surface area contributed by atoms with Gasteiger partial charge in [0.2, 0.25) is 5.91 Å². The summed E-state index contributed by atoms with van der Waals surface area (Å²) in [5.41, 5.74) is 7.69. The number of hydrogen-bond acceptors (Lipinski definition) is 3. The number of hydrogen-bond donors (Lipinski definition) is 2. The van der Waals surface area contributed by atoms with E-state index in [1.54, 1.807) is 0 Å². The number of likely N-dealkylation sites (tertiary alicyclic amines) is 1. The van der Waals surface area contributed by atoms with Crippen molar-refractivity contribution < 1.29 is 4.79 Å². The Balaban J connectivity index is 0.00000312. The Bertz CT molecular complexity index is 496. The number of nitrogens with zero attached hydrogens (tertiary/aromatic N) is 1. The smallest absolute Gasteiger partial charge is 0.224 e. The molecule has 1 aromatic carbocycles. The zero-order chi connectivity index (χ0) is 17.2. The summed E-state index contributed by atoms with van der Waals surface area (Å²) >= 11 is 0. The Morgan fingerprint density at radius 3 is 2.50 bits per heavy atom. The van der Waals surface area contributed by atoms with Gasteiger partial charge in [-0.2, -0.15) is 0 Å². The number of rotatable bonds is 9. The van der Waals surface area contributed by atoms with Crippen molar-refractivity contribution in [3.63, 3.8) is 0 Å². The molecule has 1 saturated heterocycles.